The van der Waals surface area contributed by atoms with E-state index in [1.54, 1.807) is 12.1 Å². The van der Waals surface area contributed by atoms with E-state index in [0.717, 1.165) is 63.9 Å². The van der Waals surface area contributed by atoms with E-state index in [1.165, 1.54) is 18.4 Å². The Morgan fingerprint density at radius 3 is 2.50 bits per heavy atom. The van der Waals surface area contributed by atoms with Crippen LogP contribution in [0.1, 0.15) is 11.1 Å². The summed E-state index contributed by atoms with van der Waals surface area (Å²) in [7, 11) is 3.32. The minimum atomic E-state index is -0.307. The Balaban J connectivity index is 1.27. The van der Waals surface area contributed by atoms with E-state index < -0.39 is 0 Å². The second-order valence-electron chi connectivity index (χ2n) is 8.18. The molecule has 2 aromatic carbocycles. The Bertz CT molecular complexity index is 961. The molecule has 2 aromatic rings. The van der Waals surface area contributed by atoms with Gasteiger partial charge in [-0.15, -0.1) is 0 Å². The van der Waals surface area contributed by atoms with Crippen LogP contribution >= 0.6 is 0 Å². The Morgan fingerprint density at radius 1 is 1.03 bits per heavy atom. The highest BCUT2D eigenvalue weighted by Crippen LogP contribution is 2.20. The standard InChI is InChI=1S/C25H32FN5O/c1-27-25(28-18-20-6-5-7-22(16-20)30-10-3-4-11-30)31-14-12-29(13-15-31)19-21-8-9-24(32-2)23(26)17-21/h3-9,16-17H,10-15,18-19H2,1-2H3,(H,27,28). The van der Waals surface area contributed by atoms with Crippen LogP contribution in [0.25, 0.3) is 0 Å². The number of guanidine groups is 1. The van der Waals surface area contributed by atoms with Gasteiger partial charge in [0.15, 0.2) is 17.5 Å². The van der Waals surface area contributed by atoms with Gasteiger partial charge in [-0.05, 0) is 35.4 Å². The molecule has 0 radical (unpaired) electrons. The lowest BCUT2D eigenvalue weighted by Crippen LogP contribution is -2.52. The van der Waals surface area contributed by atoms with Gasteiger partial charge in [-0.2, -0.15) is 0 Å². The van der Waals surface area contributed by atoms with Gasteiger partial charge < -0.3 is 19.9 Å². The minimum absolute atomic E-state index is 0.288. The Kier molecular flexibility index (Phi) is 7.27. The summed E-state index contributed by atoms with van der Waals surface area (Å²) in [6, 6.07) is 13.9. The van der Waals surface area contributed by atoms with Crippen LogP contribution < -0.4 is 15.0 Å². The van der Waals surface area contributed by atoms with Gasteiger partial charge in [0.05, 0.1) is 7.11 Å². The van der Waals surface area contributed by atoms with Crippen molar-refractivity contribution in [2.75, 3.05) is 58.3 Å². The average Bonchev–Trinajstić information content (AvgIpc) is 3.36. The molecule has 0 unspecified atom stereocenters. The summed E-state index contributed by atoms with van der Waals surface area (Å²) >= 11 is 0. The van der Waals surface area contributed by atoms with Gasteiger partial charge in [0.25, 0.3) is 0 Å². The van der Waals surface area contributed by atoms with Crippen molar-refractivity contribution in [2.45, 2.75) is 13.1 Å². The monoisotopic (exact) mass is 437 g/mol. The number of nitrogens with zero attached hydrogens (tertiary/aromatic N) is 4. The topological polar surface area (TPSA) is 43.3 Å². The maximum atomic E-state index is 14.0. The van der Waals surface area contributed by atoms with Crippen molar-refractivity contribution in [3.8, 4) is 5.75 Å². The SMILES string of the molecule is CN=C(NCc1cccc(N2CC=CC2)c1)N1CCN(Cc2ccc(OC)c(F)c2)CC1. The number of hydrogen-bond donors (Lipinski definition) is 1. The second-order valence-corrected chi connectivity index (χ2v) is 8.18. The molecule has 170 valence electrons. The van der Waals surface area contributed by atoms with Gasteiger partial charge in [0.1, 0.15) is 0 Å². The number of anilines is 1. The molecule has 7 heteroatoms. The molecule has 1 N–H and O–H groups in total. The molecule has 1 saturated heterocycles. The number of piperazine rings is 1. The van der Waals surface area contributed by atoms with Gasteiger partial charge in [-0.25, -0.2) is 4.39 Å². The number of aliphatic imine (C=N–C) groups is 1. The summed E-state index contributed by atoms with van der Waals surface area (Å²) in [4.78, 5) is 11.5. The van der Waals surface area contributed by atoms with Gasteiger partial charge >= 0.3 is 0 Å². The average molecular weight is 438 g/mol. The van der Waals surface area contributed by atoms with Crippen LogP contribution in [-0.2, 0) is 13.1 Å². The predicted molar refractivity (Wildman–Crippen MR) is 128 cm³/mol. The number of rotatable bonds is 6. The number of benzene rings is 2. The molecule has 0 aliphatic carbocycles. The van der Waals surface area contributed by atoms with Gasteiger partial charge in [0, 0.05) is 65.1 Å². The van der Waals surface area contributed by atoms with Crippen LogP contribution in [0.4, 0.5) is 10.1 Å². The molecule has 2 aliphatic rings. The summed E-state index contributed by atoms with van der Waals surface area (Å²) in [6.07, 6.45) is 4.41. The van der Waals surface area contributed by atoms with Crippen LogP contribution in [0.3, 0.4) is 0 Å². The van der Waals surface area contributed by atoms with Crippen molar-refractivity contribution in [3.05, 3.63) is 71.6 Å². The molecule has 0 aromatic heterocycles. The maximum Gasteiger partial charge on any atom is 0.194 e. The molecule has 32 heavy (non-hydrogen) atoms. The second kappa shape index (κ2) is 10.5. The van der Waals surface area contributed by atoms with Crippen molar-refractivity contribution < 1.29 is 9.13 Å². The molecule has 4 rings (SSSR count). The zero-order valence-electron chi connectivity index (χ0n) is 18.9. The van der Waals surface area contributed by atoms with E-state index in [4.69, 9.17) is 4.74 Å². The number of halogens is 1. The lowest BCUT2D eigenvalue weighted by Gasteiger charge is -2.36. The largest absolute Gasteiger partial charge is 0.494 e. The highest BCUT2D eigenvalue weighted by atomic mass is 19.1. The molecular weight excluding hydrogens is 405 g/mol. The first-order chi connectivity index (χ1) is 15.7. The van der Waals surface area contributed by atoms with Crippen molar-refractivity contribution in [2.24, 2.45) is 4.99 Å². The fraction of sp³-hybridized carbons (Fsp3) is 0.400. The summed E-state index contributed by atoms with van der Waals surface area (Å²) in [6.45, 7) is 7.03. The summed E-state index contributed by atoms with van der Waals surface area (Å²) in [5.41, 5.74) is 3.47. The maximum absolute atomic E-state index is 14.0. The quantitative estimate of drug-likeness (QED) is 0.427. The molecule has 0 saturated carbocycles. The van der Waals surface area contributed by atoms with E-state index >= 15 is 0 Å². The first-order valence-electron chi connectivity index (χ1n) is 11.2. The zero-order chi connectivity index (χ0) is 22.3. The van der Waals surface area contributed by atoms with E-state index in [9.17, 15) is 4.39 Å². The summed E-state index contributed by atoms with van der Waals surface area (Å²) in [5.74, 6) is 0.905. The first-order valence-corrected chi connectivity index (χ1v) is 11.2. The smallest absolute Gasteiger partial charge is 0.194 e. The van der Waals surface area contributed by atoms with Gasteiger partial charge in [-0.1, -0.05) is 30.4 Å². The van der Waals surface area contributed by atoms with Crippen molar-refractivity contribution >= 4 is 11.6 Å². The zero-order valence-corrected chi connectivity index (χ0v) is 18.9. The molecule has 1 fully saturated rings. The first kappa shape index (κ1) is 22.1. The molecule has 0 bridgehead atoms. The van der Waals surface area contributed by atoms with E-state index in [0.29, 0.717) is 0 Å². The van der Waals surface area contributed by atoms with Gasteiger partial charge in [0.2, 0.25) is 0 Å². The summed E-state index contributed by atoms with van der Waals surface area (Å²) in [5, 5.41) is 3.52. The number of methoxy groups -OCH3 is 1. The molecule has 0 spiro atoms. The van der Waals surface area contributed by atoms with Crippen LogP contribution in [0.2, 0.25) is 0 Å². The Morgan fingerprint density at radius 2 is 1.81 bits per heavy atom. The highest BCUT2D eigenvalue weighted by molar-refractivity contribution is 5.80. The Hall–Kier alpha value is -3.06. The van der Waals surface area contributed by atoms with Gasteiger partial charge in [-0.3, -0.25) is 9.89 Å². The minimum Gasteiger partial charge on any atom is -0.494 e. The molecule has 2 aliphatic heterocycles. The number of ether oxygens (including phenoxy) is 1. The van der Waals surface area contributed by atoms with Crippen LogP contribution in [0, 0.1) is 5.82 Å². The number of nitrogens with one attached hydrogen (secondary N) is 1. The fourth-order valence-electron chi connectivity index (χ4n) is 4.25. The molecule has 2 heterocycles. The fourth-order valence-corrected chi connectivity index (χ4v) is 4.25. The molecule has 6 nitrogen and oxygen atoms in total. The normalized spacial score (nSPS) is 17.2. The Labute approximate surface area is 190 Å². The van der Waals surface area contributed by atoms with Crippen LogP contribution in [0.5, 0.6) is 5.75 Å². The van der Waals surface area contributed by atoms with Crippen LogP contribution in [-0.4, -0.2) is 69.2 Å². The third kappa shape index (κ3) is 5.40. The third-order valence-electron chi connectivity index (χ3n) is 6.05. The van der Waals surface area contributed by atoms with E-state index in [1.807, 2.05) is 13.1 Å². The third-order valence-corrected chi connectivity index (χ3v) is 6.05. The predicted octanol–water partition coefficient (Wildman–Crippen LogP) is 3.10. The molecular formula is C25H32FN5O. The van der Waals surface area contributed by atoms with Crippen molar-refractivity contribution in [1.29, 1.82) is 0 Å². The number of hydrogen-bond acceptors (Lipinski definition) is 4. The van der Waals surface area contributed by atoms with Crippen LogP contribution in [0.15, 0.2) is 59.6 Å². The van der Waals surface area contributed by atoms with Crippen molar-refractivity contribution in [1.82, 2.24) is 15.1 Å². The lowest BCUT2D eigenvalue weighted by atomic mass is 10.1. The van der Waals surface area contributed by atoms with E-state index in [-0.39, 0.29) is 11.6 Å². The molecule has 0 amide bonds. The summed E-state index contributed by atoms with van der Waals surface area (Å²) < 4.78 is 19.0. The van der Waals surface area contributed by atoms with Crippen molar-refractivity contribution in [3.63, 3.8) is 0 Å². The molecule has 0 atom stereocenters. The highest BCUT2D eigenvalue weighted by Gasteiger charge is 2.20. The lowest BCUT2D eigenvalue weighted by molar-refractivity contribution is 0.172. The van der Waals surface area contributed by atoms with E-state index in [2.05, 4.69) is 61.4 Å².